The van der Waals surface area contributed by atoms with Gasteiger partial charge in [-0.2, -0.15) is 0 Å². The molecule has 0 fully saturated rings. The molecule has 0 aliphatic carbocycles. The molecule has 0 saturated heterocycles. The molecule has 3 nitrogen and oxygen atoms in total. The zero-order valence-corrected chi connectivity index (χ0v) is 11.7. The molecule has 1 rings (SSSR count). The number of aryl methyl sites for hydroxylation is 1. The van der Waals surface area contributed by atoms with Crippen molar-refractivity contribution >= 4 is 23.2 Å². The molecule has 0 aromatic heterocycles. The first-order valence-electron chi connectivity index (χ1n) is 5.49. The van der Waals surface area contributed by atoms with E-state index in [1.165, 1.54) is 0 Å². The molecule has 4 heteroatoms. The van der Waals surface area contributed by atoms with Gasteiger partial charge in [0.15, 0.2) is 0 Å². The Bertz CT molecular complexity index is 449. The maximum absolute atomic E-state index is 11.5. The summed E-state index contributed by atoms with van der Waals surface area (Å²) in [7, 11) is 1.92. The number of amides is 1. The Morgan fingerprint density at radius 2 is 1.88 bits per heavy atom. The van der Waals surface area contributed by atoms with Crippen LogP contribution < -0.4 is 10.6 Å². The second-order valence-corrected chi connectivity index (χ2v) is 5.56. The van der Waals surface area contributed by atoms with Crippen molar-refractivity contribution in [1.29, 1.82) is 0 Å². The molecule has 0 radical (unpaired) electrons. The van der Waals surface area contributed by atoms with E-state index in [2.05, 4.69) is 20.8 Å². The van der Waals surface area contributed by atoms with Crippen molar-refractivity contribution in [2.24, 2.45) is 5.73 Å². The van der Waals surface area contributed by atoms with Crippen LogP contribution in [-0.4, -0.2) is 18.5 Å². The van der Waals surface area contributed by atoms with Gasteiger partial charge in [-0.15, -0.1) is 0 Å². The maximum Gasteiger partial charge on any atom is 0.252 e. The van der Waals surface area contributed by atoms with Crippen molar-refractivity contribution in [1.82, 2.24) is 0 Å². The van der Waals surface area contributed by atoms with Crippen molar-refractivity contribution in [3.63, 3.8) is 0 Å². The van der Waals surface area contributed by atoms with E-state index in [9.17, 15) is 4.79 Å². The van der Waals surface area contributed by atoms with Gasteiger partial charge < -0.3 is 10.6 Å². The highest BCUT2D eigenvalue weighted by atomic mass is 35.5. The summed E-state index contributed by atoms with van der Waals surface area (Å²) in [6.45, 7) is 8.04. The number of anilines is 1. The molecule has 0 aliphatic rings. The lowest BCUT2D eigenvalue weighted by molar-refractivity contribution is 0.100. The molecule has 0 saturated carbocycles. The molecule has 94 valence electrons. The molecule has 1 aromatic carbocycles. The first kappa shape index (κ1) is 13.8. The van der Waals surface area contributed by atoms with Crippen LogP contribution in [0.4, 0.5) is 5.69 Å². The lowest BCUT2D eigenvalue weighted by atomic mass is 10.0. The molecular weight excluding hydrogens is 236 g/mol. The predicted molar refractivity (Wildman–Crippen MR) is 72.9 cm³/mol. The highest BCUT2D eigenvalue weighted by Crippen LogP contribution is 2.32. The molecule has 1 amide bonds. The Morgan fingerprint density at radius 3 is 2.29 bits per heavy atom. The zero-order chi connectivity index (χ0) is 13.4. The van der Waals surface area contributed by atoms with E-state index in [1.807, 2.05) is 31.0 Å². The monoisotopic (exact) mass is 254 g/mol. The van der Waals surface area contributed by atoms with Crippen LogP contribution in [0.1, 0.15) is 36.7 Å². The minimum Gasteiger partial charge on any atom is -0.369 e. The molecule has 0 spiro atoms. The summed E-state index contributed by atoms with van der Waals surface area (Å²) in [5, 5.41) is 0.436. The highest BCUT2D eigenvalue weighted by Gasteiger charge is 2.24. The van der Waals surface area contributed by atoms with Crippen LogP contribution in [0, 0.1) is 6.92 Å². The van der Waals surface area contributed by atoms with Gasteiger partial charge in [-0.25, -0.2) is 0 Å². The van der Waals surface area contributed by atoms with Crippen molar-refractivity contribution in [2.75, 3.05) is 11.9 Å². The lowest BCUT2D eigenvalue weighted by Crippen LogP contribution is -2.39. The van der Waals surface area contributed by atoms with E-state index in [1.54, 1.807) is 0 Å². The number of hydrogen-bond donors (Lipinski definition) is 1. The van der Waals surface area contributed by atoms with E-state index in [0.717, 1.165) is 11.3 Å². The average molecular weight is 255 g/mol. The van der Waals surface area contributed by atoms with E-state index in [-0.39, 0.29) is 5.54 Å². The number of nitrogens with zero attached hydrogens (tertiary/aromatic N) is 1. The van der Waals surface area contributed by atoms with Crippen LogP contribution in [0.25, 0.3) is 0 Å². The first-order chi connectivity index (χ1) is 7.66. The fraction of sp³-hybridized carbons (Fsp3) is 0.462. The number of halogens is 1. The van der Waals surface area contributed by atoms with Gasteiger partial charge in [0.2, 0.25) is 0 Å². The van der Waals surface area contributed by atoms with Gasteiger partial charge in [-0.05, 0) is 39.3 Å². The van der Waals surface area contributed by atoms with E-state index in [0.29, 0.717) is 10.6 Å². The number of carbonyl (C=O) groups is 1. The third-order valence-electron chi connectivity index (χ3n) is 2.93. The Labute approximate surface area is 108 Å². The van der Waals surface area contributed by atoms with Crippen LogP contribution in [0.5, 0.6) is 0 Å². The van der Waals surface area contributed by atoms with Gasteiger partial charge >= 0.3 is 0 Å². The Kier molecular flexibility index (Phi) is 3.72. The van der Waals surface area contributed by atoms with E-state index < -0.39 is 5.91 Å². The topological polar surface area (TPSA) is 46.3 Å². The molecule has 0 unspecified atom stereocenters. The minimum absolute atomic E-state index is 0.108. The second-order valence-electron chi connectivity index (χ2n) is 5.18. The molecular formula is C13H19ClN2O. The van der Waals surface area contributed by atoms with Gasteiger partial charge in [0.25, 0.3) is 5.91 Å². The fourth-order valence-electron chi connectivity index (χ4n) is 1.55. The summed E-state index contributed by atoms with van der Waals surface area (Å²) in [4.78, 5) is 13.5. The highest BCUT2D eigenvalue weighted by molar-refractivity contribution is 6.35. The van der Waals surface area contributed by atoms with Crippen LogP contribution in [0.2, 0.25) is 5.02 Å². The summed E-state index contributed by atoms with van der Waals surface area (Å²) in [5.41, 5.74) is 7.32. The number of carbonyl (C=O) groups excluding carboxylic acids is 1. The molecule has 1 aromatic rings. The van der Waals surface area contributed by atoms with E-state index in [4.69, 9.17) is 17.3 Å². The van der Waals surface area contributed by atoms with Gasteiger partial charge in [0, 0.05) is 12.6 Å². The van der Waals surface area contributed by atoms with E-state index >= 15 is 0 Å². The maximum atomic E-state index is 11.5. The van der Waals surface area contributed by atoms with Crippen molar-refractivity contribution in [3.8, 4) is 0 Å². The Hall–Kier alpha value is -1.22. The summed E-state index contributed by atoms with van der Waals surface area (Å²) in [5.74, 6) is -0.496. The lowest BCUT2D eigenvalue weighted by Gasteiger charge is -2.35. The molecule has 0 aliphatic heterocycles. The average Bonchev–Trinajstić information content (AvgIpc) is 2.18. The van der Waals surface area contributed by atoms with Crippen LogP contribution >= 0.6 is 11.6 Å². The van der Waals surface area contributed by atoms with Crippen molar-refractivity contribution in [2.45, 2.75) is 33.2 Å². The second kappa shape index (κ2) is 4.57. The zero-order valence-electron chi connectivity index (χ0n) is 11.0. The molecule has 0 heterocycles. The number of hydrogen-bond acceptors (Lipinski definition) is 2. The van der Waals surface area contributed by atoms with Crippen molar-refractivity contribution in [3.05, 3.63) is 28.3 Å². The van der Waals surface area contributed by atoms with Gasteiger partial charge in [0.05, 0.1) is 16.3 Å². The summed E-state index contributed by atoms with van der Waals surface area (Å²) >= 11 is 6.16. The van der Waals surface area contributed by atoms with Crippen molar-refractivity contribution < 1.29 is 4.79 Å². The molecule has 0 bridgehead atoms. The summed E-state index contributed by atoms with van der Waals surface area (Å²) in [6.07, 6.45) is 0. The quantitative estimate of drug-likeness (QED) is 0.882. The Morgan fingerprint density at radius 1 is 1.35 bits per heavy atom. The molecule has 17 heavy (non-hydrogen) atoms. The van der Waals surface area contributed by atoms with Crippen LogP contribution in [0.3, 0.4) is 0 Å². The smallest absolute Gasteiger partial charge is 0.252 e. The standard InChI is InChI=1S/C13H19ClN2O/c1-8-6-7-9(16(5)13(2,3)4)10(11(8)14)12(15)17/h6-7H,1-5H3,(H2,15,17). The fourth-order valence-corrected chi connectivity index (χ4v) is 1.80. The largest absolute Gasteiger partial charge is 0.369 e. The summed E-state index contributed by atoms with van der Waals surface area (Å²) < 4.78 is 0. The Balaban J connectivity index is 3.45. The normalized spacial score (nSPS) is 11.4. The number of rotatable bonds is 2. The molecule has 2 N–H and O–H groups in total. The van der Waals surface area contributed by atoms with Crippen LogP contribution in [-0.2, 0) is 0 Å². The van der Waals surface area contributed by atoms with Gasteiger partial charge in [0.1, 0.15) is 0 Å². The number of primary amides is 1. The van der Waals surface area contributed by atoms with Crippen LogP contribution in [0.15, 0.2) is 12.1 Å². The minimum atomic E-state index is -0.496. The third kappa shape index (κ3) is 2.72. The predicted octanol–water partition coefficient (Wildman–Crippen LogP) is 2.98. The summed E-state index contributed by atoms with van der Waals surface area (Å²) in [6, 6.07) is 3.78. The third-order valence-corrected chi connectivity index (χ3v) is 3.41. The number of benzene rings is 1. The van der Waals surface area contributed by atoms with Gasteiger partial charge in [-0.3, -0.25) is 4.79 Å². The number of nitrogens with two attached hydrogens (primary N) is 1. The SMILES string of the molecule is Cc1ccc(N(C)C(C)(C)C)c(C(N)=O)c1Cl. The molecule has 0 atom stereocenters. The van der Waals surface area contributed by atoms with Gasteiger partial charge in [-0.1, -0.05) is 17.7 Å². The first-order valence-corrected chi connectivity index (χ1v) is 5.86.